The Kier molecular flexibility index (Phi) is 6.84. The zero-order valence-electron chi connectivity index (χ0n) is 15.8. The van der Waals surface area contributed by atoms with E-state index in [-0.39, 0.29) is 0 Å². The van der Waals surface area contributed by atoms with E-state index in [0.29, 0.717) is 18.4 Å². The van der Waals surface area contributed by atoms with Crippen LogP contribution in [0.5, 0.6) is 0 Å². The van der Waals surface area contributed by atoms with Crippen molar-refractivity contribution in [2.24, 2.45) is 0 Å². The van der Waals surface area contributed by atoms with Gasteiger partial charge in [0.15, 0.2) is 0 Å². The van der Waals surface area contributed by atoms with E-state index in [4.69, 9.17) is 0 Å². The maximum absolute atomic E-state index is 12.6. The molecule has 0 radical (unpaired) electrons. The molecule has 1 saturated heterocycles. The lowest BCUT2D eigenvalue weighted by atomic mass is 10.0. The highest BCUT2D eigenvalue weighted by Crippen LogP contribution is 2.18. The molecule has 138 valence electrons. The van der Waals surface area contributed by atoms with Crippen LogP contribution >= 0.6 is 0 Å². The number of hydrogen-bond acceptors (Lipinski definition) is 2. The highest BCUT2D eigenvalue weighted by Gasteiger charge is 2.25. The topological polar surface area (TPSA) is 23.6 Å². The molecule has 0 aliphatic carbocycles. The average Bonchev–Trinajstić information content (AvgIpc) is 2.69. The second-order valence-electron chi connectivity index (χ2n) is 7.38. The fraction of sp³-hybridized carbons (Fsp3) is 0.435. The summed E-state index contributed by atoms with van der Waals surface area (Å²) >= 11 is 0. The third kappa shape index (κ3) is 5.43. The smallest absolute Gasteiger partial charge is 0.222 e. The number of amides is 1. The number of piperidine rings is 1. The van der Waals surface area contributed by atoms with Crippen LogP contribution in [0.25, 0.3) is 0 Å². The first kappa shape index (κ1) is 18.7. The Morgan fingerprint density at radius 2 is 1.69 bits per heavy atom. The van der Waals surface area contributed by atoms with E-state index in [2.05, 4.69) is 71.4 Å². The van der Waals surface area contributed by atoms with Crippen LogP contribution in [0.15, 0.2) is 60.7 Å². The molecule has 1 fully saturated rings. The van der Waals surface area contributed by atoms with Crippen molar-refractivity contribution < 1.29 is 4.79 Å². The molecule has 3 heteroatoms. The van der Waals surface area contributed by atoms with Crippen LogP contribution in [0.4, 0.5) is 0 Å². The van der Waals surface area contributed by atoms with Gasteiger partial charge >= 0.3 is 0 Å². The van der Waals surface area contributed by atoms with Crippen molar-refractivity contribution in [1.82, 2.24) is 9.80 Å². The van der Waals surface area contributed by atoms with Crippen molar-refractivity contribution in [1.29, 1.82) is 0 Å². The zero-order valence-corrected chi connectivity index (χ0v) is 15.8. The summed E-state index contributed by atoms with van der Waals surface area (Å²) in [6.07, 6.45) is 4.86. The third-order valence-corrected chi connectivity index (χ3v) is 5.35. The van der Waals surface area contributed by atoms with Gasteiger partial charge in [0.25, 0.3) is 0 Å². The number of hydrogen-bond donors (Lipinski definition) is 0. The number of rotatable bonds is 7. The highest BCUT2D eigenvalue weighted by atomic mass is 16.2. The summed E-state index contributed by atoms with van der Waals surface area (Å²) in [5, 5.41) is 0. The van der Waals surface area contributed by atoms with Crippen LogP contribution < -0.4 is 0 Å². The standard InChI is InChI=1S/C23H30N2O/c1-24(18-21-12-6-3-7-13-21)22-15-9-17-25(19-22)23(26)16-8-14-20-10-4-2-5-11-20/h2-7,10-13,22H,8-9,14-19H2,1H3. The first-order valence-electron chi connectivity index (χ1n) is 9.78. The lowest BCUT2D eigenvalue weighted by Crippen LogP contribution is -2.48. The maximum atomic E-state index is 12.6. The van der Waals surface area contributed by atoms with Gasteiger partial charge in [0.2, 0.25) is 5.91 Å². The number of aryl methyl sites for hydroxylation is 1. The molecule has 2 aromatic rings. The van der Waals surface area contributed by atoms with Gasteiger partial charge in [-0.05, 0) is 43.9 Å². The molecule has 1 heterocycles. The van der Waals surface area contributed by atoms with Gasteiger partial charge in [-0.25, -0.2) is 0 Å². The average molecular weight is 351 g/mol. The predicted molar refractivity (Wildman–Crippen MR) is 107 cm³/mol. The molecule has 0 spiro atoms. The van der Waals surface area contributed by atoms with E-state index >= 15 is 0 Å². The molecule has 1 aliphatic rings. The molecule has 2 aromatic carbocycles. The van der Waals surface area contributed by atoms with Gasteiger partial charge in [-0.1, -0.05) is 60.7 Å². The second-order valence-corrected chi connectivity index (χ2v) is 7.38. The fourth-order valence-electron chi connectivity index (χ4n) is 3.79. The van der Waals surface area contributed by atoms with Crippen LogP contribution in [0.1, 0.15) is 36.8 Å². The Bertz CT molecular complexity index is 671. The largest absolute Gasteiger partial charge is 0.341 e. The summed E-state index contributed by atoms with van der Waals surface area (Å²) in [4.78, 5) is 17.1. The summed E-state index contributed by atoms with van der Waals surface area (Å²) < 4.78 is 0. The molecular weight excluding hydrogens is 320 g/mol. The number of nitrogens with zero attached hydrogens (tertiary/aromatic N) is 2. The monoisotopic (exact) mass is 350 g/mol. The van der Waals surface area contributed by atoms with Gasteiger partial charge in [-0.2, -0.15) is 0 Å². The zero-order chi connectivity index (χ0) is 18.2. The predicted octanol–water partition coefficient (Wildman–Crippen LogP) is 4.13. The third-order valence-electron chi connectivity index (χ3n) is 5.35. The SMILES string of the molecule is CN(Cc1ccccc1)C1CCCN(C(=O)CCCc2ccccc2)C1. The van der Waals surface area contributed by atoms with Crippen molar-refractivity contribution in [2.75, 3.05) is 20.1 Å². The Morgan fingerprint density at radius 3 is 2.38 bits per heavy atom. The van der Waals surface area contributed by atoms with Crippen LogP contribution in [-0.2, 0) is 17.8 Å². The Hall–Kier alpha value is -2.13. The molecular formula is C23H30N2O. The molecule has 3 nitrogen and oxygen atoms in total. The quantitative estimate of drug-likeness (QED) is 0.749. The summed E-state index contributed by atoms with van der Waals surface area (Å²) in [5.41, 5.74) is 2.65. The van der Waals surface area contributed by atoms with Crippen LogP contribution in [0.2, 0.25) is 0 Å². The Balaban J connectivity index is 1.45. The lowest BCUT2D eigenvalue weighted by molar-refractivity contribution is -0.133. The van der Waals surface area contributed by atoms with Crippen molar-refractivity contribution in [3.8, 4) is 0 Å². The van der Waals surface area contributed by atoms with Gasteiger partial charge < -0.3 is 4.90 Å². The van der Waals surface area contributed by atoms with Crippen molar-refractivity contribution in [2.45, 2.75) is 44.7 Å². The highest BCUT2D eigenvalue weighted by molar-refractivity contribution is 5.76. The maximum Gasteiger partial charge on any atom is 0.222 e. The Labute approximate surface area is 157 Å². The molecule has 0 aromatic heterocycles. The first-order chi connectivity index (χ1) is 12.7. The minimum absolute atomic E-state index is 0.318. The normalized spacial score (nSPS) is 17.5. The van der Waals surface area contributed by atoms with E-state index < -0.39 is 0 Å². The van der Waals surface area contributed by atoms with Crippen molar-refractivity contribution in [3.63, 3.8) is 0 Å². The van der Waals surface area contributed by atoms with E-state index in [0.717, 1.165) is 38.9 Å². The molecule has 0 saturated carbocycles. The van der Waals surface area contributed by atoms with E-state index in [1.807, 2.05) is 6.07 Å². The minimum atomic E-state index is 0.318. The van der Waals surface area contributed by atoms with Crippen LogP contribution in [-0.4, -0.2) is 41.9 Å². The van der Waals surface area contributed by atoms with Crippen molar-refractivity contribution in [3.05, 3.63) is 71.8 Å². The molecule has 1 atom stereocenters. The second kappa shape index (κ2) is 9.54. The van der Waals surface area contributed by atoms with Gasteiger partial charge in [-0.15, -0.1) is 0 Å². The molecule has 1 unspecified atom stereocenters. The van der Waals surface area contributed by atoms with Gasteiger partial charge in [-0.3, -0.25) is 9.69 Å². The van der Waals surface area contributed by atoms with Crippen LogP contribution in [0.3, 0.4) is 0 Å². The molecule has 0 N–H and O–H groups in total. The summed E-state index contributed by atoms with van der Waals surface area (Å²) in [6, 6.07) is 21.5. The summed E-state index contributed by atoms with van der Waals surface area (Å²) in [7, 11) is 2.18. The number of carbonyl (C=O) groups excluding carboxylic acids is 1. The van der Waals surface area contributed by atoms with Crippen molar-refractivity contribution >= 4 is 5.91 Å². The number of carbonyl (C=O) groups is 1. The van der Waals surface area contributed by atoms with E-state index in [1.165, 1.54) is 17.5 Å². The first-order valence-corrected chi connectivity index (χ1v) is 9.78. The summed E-state index contributed by atoms with van der Waals surface area (Å²) in [5.74, 6) is 0.318. The summed E-state index contributed by atoms with van der Waals surface area (Å²) in [6.45, 7) is 2.73. The molecule has 1 amide bonds. The fourth-order valence-corrected chi connectivity index (χ4v) is 3.79. The molecule has 26 heavy (non-hydrogen) atoms. The molecule has 1 aliphatic heterocycles. The van der Waals surface area contributed by atoms with E-state index in [9.17, 15) is 4.79 Å². The van der Waals surface area contributed by atoms with Gasteiger partial charge in [0, 0.05) is 32.1 Å². The Morgan fingerprint density at radius 1 is 1.04 bits per heavy atom. The number of likely N-dealkylation sites (tertiary alicyclic amines) is 1. The van der Waals surface area contributed by atoms with E-state index in [1.54, 1.807) is 0 Å². The molecule has 3 rings (SSSR count). The molecule has 0 bridgehead atoms. The van der Waals surface area contributed by atoms with Gasteiger partial charge in [0.1, 0.15) is 0 Å². The number of likely N-dealkylation sites (N-methyl/N-ethyl adjacent to an activating group) is 1. The minimum Gasteiger partial charge on any atom is -0.341 e. The van der Waals surface area contributed by atoms with Gasteiger partial charge in [0.05, 0.1) is 0 Å². The lowest BCUT2D eigenvalue weighted by Gasteiger charge is -2.38. The van der Waals surface area contributed by atoms with Crippen LogP contribution in [0, 0.1) is 0 Å². The number of benzene rings is 2.